The largest absolute Gasteiger partial charge is 0.481 e. The van der Waals surface area contributed by atoms with Crippen LogP contribution in [0.3, 0.4) is 0 Å². The van der Waals surface area contributed by atoms with Crippen molar-refractivity contribution in [1.82, 2.24) is 9.97 Å². The zero-order valence-electron chi connectivity index (χ0n) is 14.0. The molecule has 1 aromatic carbocycles. The van der Waals surface area contributed by atoms with Gasteiger partial charge in [-0.1, -0.05) is 0 Å². The fourth-order valence-corrected chi connectivity index (χ4v) is 2.54. The first-order valence-corrected chi connectivity index (χ1v) is 7.78. The van der Waals surface area contributed by atoms with Crippen LogP contribution >= 0.6 is 0 Å². The van der Waals surface area contributed by atoms with Crippen molar-refractivity contribution in [2.75, 3.05) is 11.1 Å². The molecule has 0 fully saturated rings. The highest BCUT2D eigenvalue weighted by atomic mass is 16.4. The molecule has 1 aliphatic heterocycles. The monoisotopic (exact) mass is 351 g/mol. The highest BCUT2D eigenvalue weighted by Crippen LogP contribution is 2.33. The zero-order chi connectivity index (χ0) is 18.5. The molecule has 1 aliphatic rings. The third kappa shape index (κ3) is 4.04. The third-order valence-corrected chi connectivity index (χ3v) is 3.50. The van der Waals surface area contributed by atoms with E-state index in [-0.39, 0.29) is 5.95 Å². The van der Waals surface area contributed by atoms with E-state index >= 15 is 0 Å². The molecule has 3 aromatic rings. The Hall–Kier alpha value is -3.68. The van der Waals surface area contributed by atoms with Crippen molar-refractivity contribution >= 4 is 29.6 Å². The van der Waals surface area contributed by atoms with Crippen LogP contribution in [0.2, 0.25) is 0 Å². The van der Waals surface area contributed by atoms with Crippen LogP contribution in [0.4, 0.5) is 17.5 Å². The van der Waals surface area contributed by atoms with Crippen LogP contribution < -0.4 is 11.1 Å². The number of hydrogen-bond donors (Lipinski definition) is 3. The summed E-state index contributed by atoms with van der Waals surface area (Å²) in [5.74, 6) is 0.874. The fourth-order valence-electron chi connectivity index (χ4n) is 2.54. The second-order valence-corrected chi connectivity index (χ2v) is 5.48. The molecule has 0 radical (unpaired) electrons. The normalized spacial score (nSPS) is 11.4. The minimum Gasteiger partial charge on any atom is -0.481 e. The van der Waals surface area contributed by atoms with Gasteiger partial charge in [-0.15, -0.1) is 0 Å². The molecule has 4 rings (SSSR count). The Kier molecular flexibility index (Phi) is 4.93. The molecule has 0 amide bonds. The first-order chi connectivity index (χ1) is 12.5. The van der Waals surface area contributed by atoms with E-state index in [1.54, 1.807) is 18.5 Å². The number of rotatable bonds is 3. The maximum atomic E-state index is 9.00. The lowest BCUT2D eigenvalue weighted by Gasteiger charge is -2.11. The maximum absolute atomic E-state index is 9.00. The number of nitrogen functional groups attached to an aromatic ring is 1. The van der Waals surface area contributed by atoms with Gasteiger partial charge in [0.15, 0.2) is 0 Å². The van der Waals surface area contributed by atoms with Crippen LogP contribution in [0, 0.1) is 0 Å². The number of benzene rings is 1. The number of aliphatic imine (C=N–C) groups is 1. The van der Waals surface area contributed by atoms with E-state index in [0.717, 1.165) is 29.5 Å². The van der Waals surface area contributed by atoms with Crippen LogP contribution in [0.25, 0.3) is 11.3 Å². The second-order valence-electron chi connectivity index (χ2n) is 5.48. The summed E-state index contributed by atoms with van der Waals surface area (Å²) in [5, 5.41) is 10.7. The molecule has 26 heavy (non-hydrogen) atoms. The first kappa shape index (κ1) is 17.2. The van der Waals surface area contributed by atoms with E-state index in [2.05, 4.69) is 20.3 Å². The van der Waals surface area contributed by atoms with E-state index in [1.165, 1.54) is 5.56 Å². The van der Waals surface area contributed by atoms with Gasteiger partial charge in [0, 0.05) is 36.1 Å². The lowest BCUT2D eigenvalue weighted by molar-refractivity contribution is -0.134. The van der Waals surface area contributed by atoms with E-state index in [4.69, 9.17) is 20.1 Å². The molecule has 0 aliphatic carbocycles. The molecular formula is C18H17N5O3. The Bertz CT molecular complexity index is 947. The van der Waals surface area contributed by atoms with Crippen LogP contribution in [0.15, 0.2) is 52.2 Å². The van der Waals surface area contributed by atoms with E-state index in [0.29, 0.717) is 12.4 Å². The Labute approximate surface area is 149 Å². The van der Waals surface area contributed by atoms with Crippen molar-refractivity contribution in [3.05, 3.63) is 53.9 Å². The van der Waals surface area contributed by atoms with Gasteiger partial charge < -0.3 is 20.6 Å². The minimum absolute atomic E-state index is 0.235. The summed E-state index contributed by atoms with van der Waals surface area (Å²) < 4.78 is 5.54. The summed E-state index contributed by atoms with van der Waals surface area (Å²) in [7, 11) is 0. The Balaban J connectivity index is 0.000000447. The Morgan fingerprint density at radius 1 is 1.35 bits per heavy atom. The lowest BCUT2D eigenvalue weighted by Crippen LogP contribution is -2.00. The van der Waals surface area contributed by atoms with E-state index < -0.39 is 5.97 Å². The number of carboxylic acid groups (broad SMARTS) is 1. The van der Waals surface area contributed by atoms with Crippen molar-refractivity contribution in [1.29, 1.82) is 0 Å². The Morgan fingerprint density at radius 2 is 2.15 bits per heavy atom. The van der Waals surface area contributed by atoms with Gasteiger partial charge in [-0.05, 0) is 35.9 Å². The number of nitrogens with one attached hydrogen (secondary N) is 1. The van der Waals surface area contributed by atoms with Crippen molar-refractivity contribution in [2.45, 2.75) is 13.5 Å². The van der Waals surface area contributed by atoms with Crippen LogP contribution in [0.1, 0.15) is 18.1 Å². The number of carboxylic acids is 1. The minimum atomic E-state index is -0.833. The quantitative estimate of drug-likeness (QED) is 0.661. The summed E-state index contributed by atoms with van der Waals surface area (Å²) in [6.07, 6.45) is 5.16. The topological polar surface area (TPSA) is 127 Å². The molecule has 3 heterocycles. The van der Waals surface area contributed by atoms with Crippen LogP contribution in [-0.4, -0.2) is 27.3 Å². The van der Waals surface area contributed by atoms with Gasteiger partial charge in [0.2, 0.25) is 5.95 Å². The summed E-state index contributed by atoms with van der Waals surface area (Å²) >= 11 is 0. The number of nitrogens with two attached hydrogens (primary N) is 1. The van der Waals surface area contributed by atoms with Gasteiger partial charge >= 0.3 is 0 Å². The third-order valence-electron chi connectivity index (χ3n) is 3.50. The molecule has 0 spiro atoms. The molecule has 4 N–H and O–H groups in total. The van der Waals surface area contributed by atoms with Gasteiger partial charge in [-0.2, -0.15) is 4.98 Å². The number of fused-ring (bicyclic) bond motifs is 1. The van der Waals surface area contributed by atoms with Gasteiger partial charge in [-0.25, -0.2) is 4.98 Å². The molecule has 0 atom stereocenters. The number of furan rings is 1. The molecule has 2 aromatic heterocycles. The summed E-state index contributed by atoms with van der Waals surface area (Å²) in [6.45, 7) is 1.76. The molecular weight excluding hydrogens is 334 g/mol. The number of nitrogens with zero attached hydrogens (tertiary/aromatic N) is 3. The first-order valence-electron chi connectivity index (χ1n) is 7.78. The second kappa shape index (κ2) is 7.47. The van der Waals surface area contributed by atoms with E-state index in [1.807, 2.05) is 30.5 Å². The average Bonchev–Trinajstić information content (AvgIpc) is 3.25. The molecule has 0 saturated heterocycles. The van der Waals surface area contributed by atoms with Gasteiger partial charge in [0.25, 0.3) is 5.97 Å². The summed E-state index contributed by atoms with van der Waals surface area (Å²) in [6, 6.07) is 9.66. The average molecular weight is 351 g/mol. The van der Waals surface area contributed by atoms with Crippen molar-refractivity contribution in [2.24, 2.45) is 4.99 Å². The smallest absolute Gasteiger partial charge is 0.300 e. The molecule has 8 heteroatoms. The predicted molar refractivity (Wildman–Crippen MR) is 98.5 cm³/mol. The predicted octanol–water partition coefficient (Wildman–Crippen LogP) is 3.09. The summed E-state index contributed by atoms with van der Waals surface area (Å²) in [5.41, 5.74) is 9.79. The number of carbonyl (C=O) groups is 1. The highest BCUT2D eigenvalue weighted by Gasteiger charge is 2.16. The number of anilines is 3. The van der Waals surface area contributed by atoms with Gasteiger partial charge in [-0.3, -0.25) is 9.79 Å². The summed E-state index contributed by atoms with van der Waals surface area (Å²) in [4.78, 5) is 21.4. The van der Waals surface area contributed by atoms with Gasteiger partial charge in [0.05, 0.1) is 12.8 Å². The molecule has 0 saturated carbocycles. The van der Waals surface area contributed by atoms with E-state index in [9.17, 15) is 0 Å². The number of hydrogen-bond acceptors (Lipinski definition) is 7. The number of aliphatic carboxylic acids is 1. The molecule has 132 valence electrons. The fraction of sp³-hybridized carbons (Fsp3) is 0.111. The Morgan fingerprint density at radius 3 is 2.85 bits per heavy atom. The van der Waals surface area contributed by atoms with Crippen LogP contribution in [0.5, 0.6) is 0 Å². The van der Waals surface area contributed by atoms with Crippen molar-refractivity contribution < 1.29 is 14.3 Å². The van der Waals surface area contributed by atoms with Crippen molar-refractivity contribution in [3.8, 4) is 11.3 Å². The molecule has 0 unspecified atom stereocenters. The number of aromatic nitrogens is 2. The van der Waals surface area contributed by atoms with Crippen molar-refractivity contribution in [3.63, 3.8) is 0 Å². The highest BCUT2D eigenvalue weighted by molar-refractivity contribution is 5.91. The van der Waals surface area contributed by atoms with Crippen LogP contribution in [-0.2, 0) is 11.3 Å². The SMILES string of the molecule is CC(=O)O.Nc1nccc(Nc2cc3c(c(-c4ccco4)c2)CN=C3)n1. The molecule has 8 nitrogen and oxygen atoms in total. The van der Waals surface area contributed by atoms with Gasteiger partial charge in [0.1, 0.15) is 11.6 Å². The standard InChI is InChI=1S/C16H13N5O.C2H4O2/c17-16-19-4-3-15(21-16)20-11-6-10-8-18-9-13(10)12(7-11)14-2-1-5-22-14;1-2(3)4/h1-8H,9H2,(H3,17,19,20,21);1H3,(H,3,4). The lowest BCUT2D eigenvalue weighted by atomic mass is 10.00. The molecule has 0 bridgehead atoms. The maximum Gasteiger partial charge on any atom is 0.300 e. The zero-order valence-corrected chi connectivity index (χ0v) is 14.0.